The molecule has 0 aromatic rings. The number of esters is 2. The fourth-order valence-electron chi connectivity index (χ4n) is 2.01. The Morgan fingerprint density at radius 3 is 2.76 bits per heavy atom. The van der Waals surface area contributed by atoms with Gasteiger partial charge >= 0.3 is 11.9 Å². The van der Waals surface area contributed by atoms with Crippen molar-refractivity contribution in [2.24, 2.45) is 5.92 Å². The molecule has 0 saturated carbocycles. The molecule has 1 heterocycles. The molecule has 1 fully saturated rings. The van der Waals surface area contributed by atoms with E-state index in [9.17, 15) is 9.59 Å². The van der Waals surface area contributed by atoms with Crippen LogP contribution in [0, 0.1) is 17.2 Å². The second kappa shape index (κ2) is 5.17. The van der Waals surface area contributed by atoms with Gasteiger partial charge in [0.1, 0.15) is 17.6 Å². The molecule has 0 N–H and O–H groups in total. The summed E-state index contributed by atoms with van der Waals surface area (Å²) in [6.07, 6.45) is 0.616. The van der Waals surface area contributed by atoms with Crippen LogP contribution in [0.25, 0.3) is 0 Å². The molecular formula is C12H17NO4. The normalized spacial score (nSPS) is 29.3. The van der Waals surface area contributed by atoms with Crippen LogP contribution in [0.15, 0.2) is 0 Å². The summed E-state index contributed by atoms with van der Waals surface area (Å²) in [5.74, 6) is -1.61. The molecule has 0 bridgehead atoms. The standard InChI is InChI=1S/C12H17NO4/c1-4-9(16-10(14)5-2)12(3)6-8(7-13)11(15)17-12/h8-9H,4-6H2,1-3H3. The third-order valence-corrected chi connectivity index (χ3v) is 3.00. The summed E-state index contributed by atoms with van der Waals surface area (Å²) in [4.78, 5) is 22.7. The van der Waals surface area contributed by atoms with Crippen LogP contribution in [0.1, 0.15) is 40.0 Å². The molecule has 1 saturated heterocycles. The van der Waals surface area contributed by atoms with Gasteiger partial charge in [0.15, 0.2) is 0 Å². The molecule has 1 aliphatic heterocycles. The van der Waals surface area contributed by atoms with Gasteiger partial charge in [0.05, 0.1) is 6.07 Å². The lowest BCUT2D eigenvalue weighted by molar-refractivity contribution is -0.173. The van der Waals surface area contributed by atoms with E-state index in [4.69, 9.17) is 14.7 Å². The lowest BCUT2D eigenvalue weighted by Gasteiger charge is -2.31. The van der Waals surface area contributed by atoms with Crippen LogP contribution in [0.2, 0.25) is 0 Å². The molecule has 3 atom stereocenters. The number of carbonyl (C=O) groups excluding carboxylic acids is 2. The molecular weight excluding hydrogens is 222 g/mol. The quantitative estimate of drug-likeness (QED) is 0.696. The first-order valence-corrected chi connectivity index (χ1v) is 5.78. The van der Waals surface area contributed by atoms with E-state index in [0.29, 0.717) is 6.42 Å². The Morgan fingerprint density at radius 1 is 1.71 bits per heavy atom. The SMILES string of the molecule is CCC(=O)OC(CC)C1(C)CC(C#N)C(=O)O1. The molecule has 0 aromatic carbocycles. The van der Waals surface area contributed by atoms with Crippen LogP contribution in [-0.4, -0.2) is 23.6 Å². The zero-order valence-corrected chi connectivity index (χ0v) is 10.4. The molecule has 0 radical (unpaired) electrons. The average Bonchev–Trinajstić information content (AvgIpc) is 2.61. The maximum atomic E-state index is 11.4. The number of hydrogen-bond donors (Lipinski definition) is 0. The van der Waals surface area contributed by atoms with Crippen molar-refractivity contribution in [3.63, 3.8) is 0 Å². The van der Waals surface area contributed by atoms with Crippen molar-refractivity contribution in [2.75, 3.05) is 0 Å². The summed E-state index contributed by atoms with van der Waals surface area (Å²) in [7, 11) is 0. The molecule has 1 aliphatic rings. The molecule has 5 nitrogen and oxygen atoms in total. The van der Waals surface area contributed by atoms with Crippen molar-refractivity contribution in [1.82, 2.24) is 0 Å². The Bertz CT molecular complexity index is 360. The number of cyclic esters (lactones) is 1. The van der Waals surface area contributed by atoms with Gasteiger partial charge < -0.3 is 9.47 Å². The molecule has 0 aliphatic carbocycles. The minimum absolute atomic E-state index is 0.276. The number of carbonyl (C=O) groups is 2. The average molecular weight is 239 g/mol. The third-order valence-electron chi connectivity index (χ3n) is 3.00. The van der Waals surface area contributed by atoms with Crippen LogP contribution >= 0.6 is 0 Å². The molecule has 0 aromatic heterocycles. The number of rotatable bonds is 4. The van der Waals surface area contributed by atoms with Crippen LogP contribution in [0.4, 0.5) is 0 Å². The Morgan fingerprint density at radius 2 is 2.35 bits per heavy atom. The lowest BCUT2D eigenvalue weighted by atomic mass is 9.90. The van der Waals surface area contributed by atoms with Gasteiger partial charge in [-0.15, -0.1) is 0 Å². The van der Waals surface area contributed by atoms with Crippen LogP contribution < -0.4 is 0 Å². The lowest BCUT2D eigenvalue weighted by Crippen LogP contribution is -2.42. The first-order chi connectivity index (χ1) is 7.96. The van der Waals surface area contributed by atoms with E-state index in [2.05, 4.69) is 0 Å². The highest BCUT2D eigenvalue weighted by atomic mass is 16.6. The summed E-state index contributed by atoms with van der Waals surface area (Å²) < 4.78 is 10.5. The molecule has 3 unspecified atom stereocenters. The summed E-state index contributed by atoms with van der Waals surface area (Å²) in [5, 5.41) is 8.79. The first-order valence-electron chi connectivity index (χ1n) is 5.78. The topological polar surface area (TPSA) is 76.4 Å². The highest BCUT2D eigenvalue weighted by Crippen LogP contribution is 2.36. The van der Waals surface area contributed by atoms with Crippen molar-refractivity contribution in [2.45, 2.75) is 51.7 Å². The largest absolute Gasteiger partial charge is 0.458 e. The Balaban J connectivity index is 2.79. The molecule has 5 heteroatoms. The fraction of sp³-hybridized carbons (Fsp3) is 0.750. The molecule has 0 spiro atoms. The van der Waals surface area contributed by atoms with Gasteiger partial charge in [0.2, 0.25) is 0 Å². The van der Waals surface area contributed by atoms with Gasteiger partial charge in [0, 0.05) is 12.8 Å². The molecule has 1 rings (SSSR count). The zero-order chi connectivity index (χ0) is 13.1. The number of nitrogens with zero attached hydrogens (tertiary/aromatic N) is 1. The predicted molar refractivity (Wildman–Crippen MR) is 58.7 cm³/mol. The van der Waals surface area contributed by atoms with Crippen molar-refractivity contribution in [1.29, 1.82) is 5.26 Å². The second-order valence-electron chi connectivity index (χ2n) is 4.36. The minimum atomic E-state index is -0.878. The summed E-state index contributed by atoms with van der Waals surface area (Å²) >= 11 is 0. The van der Waals surface area contributed by atoms with E-state index in [1.807, 2.05) is 13.0 Å². The van der Waals surface area contributed by atoms with Crippen LogP contribution in [0.3, 0.4) is 0 Å². The summed E-state index contributed by atoms with van der Waals surface area (Å²) in [6.45, 7) is 5.27. The van der Waals surface area contributed by atoms with Gasteiger partial charge in [-0.2, -0.15) is 5.26 Å². The van der Waals surface area contributed by atoms with E-state index in [-0.39, 0.29) is 18.8 Å². The maximum absolute atomic E-state index is 11.4. The molecule has 94 valence electrons. The van der Waals surface area contributed by atoms with Gasteiger partial charge in [-0.05, 0) is 13.3 Å². The van der Waals surface area contributed by atoms with Crippen molar-refractivity contribution < 1.29 is 19.1 Å². The van der Waals surface area contributed by atoms with Gasteiger partial charge in [-0.1, -0.05) is 13.8 Å². The van der Waals surface area contributed by atoms with E-state index in [1.54, 1.807) is 13.8 Å². The first kappa shape index (κ1) is 13.5. The van der Waals surface area contributed by atoms with Crippen molar-refractivity contribution >= 4 is 11.9 Å². The smallest absolute Gasteiger partial charge is 0.324 e. The van der Waals surface area contributed by atoms with Crippen LogP contribution in [0.5, 0.6) is 0 Å². The van der Waals surface area contributed by atoms with E-state index >= 15 is 0 Å². The van der Waals surface area contributed by atoms with Gasteiger partial charge in [-0.25, -0.2) is 0 Å². The number of nitriles is 1. The van der Waals surface area contributed by atoms with E-state index in [1.165, 1.54) is 0 Å². The Labute approximate surface area is 101 Å². The van der Waals surface area contributed by atoms with Crippen LogP contribution in [-0.2, 0) is 19.1 Å². The van der Waals surface area contributed by atoms with E-state index in [0.717, 1.165) is 0 Å². The summed E-state index contributed by atoms with van der Waals surface area (Å²) in [5.41, 5.74) is -0.878. The second-order valence-corrected chi connectivity index (χ2v) is 4.36. The fourth-order valence-corrected chi connectivity index (χ4v) is 2.01. The Hall–Kier alpha value is -1.57. The monoisotopic (exact) mass is 239 g/mol. The number of ether oxygens (including phenoxy) is 2. The van der Waals surface area contributed by atoms with Gasteiger partial charge in [-0.3, -0.25) is 9.59 Å². The molecule has 17 heavy (non-hydrogen) atoms. The van der Waals surface area contributed by atoms with Gasteiger partial charge in [0.25, 0.3) is 0 Å². The van der Waals surface area contributed by atoms with Crippen molar-refractivity contribution in [3.8, 4) is 6.07 Å². The highest BCUT2D eigenvalue weighted by molar-refractivity contribution is 5.78. The highest BCUT2D eigenvalue weighted by Gasteiger charge is 2.49. The summed E-state index contributed by atoms with van der Waals surface area (Å²) in [6, 6.07) is 1.90. The molecule has 0 amide bonds. The Kier molecular flexibility index (Phi) is 4.11. The maximum Gasteiger partial charge on any atom is 0.324 e. The predicted octanol–water partition coefficient (Wildman–Crippen LogP) is 1.56. The number of hydrogen-bond acceptors (Lipinski definition) is 5. The minimum Gasteiger partial charge on any atom is -0.458 e. The third kappa shape index (κ3) is 2.76. The van der Waals surface area contributed by atoms with E-state index < -0.39 is 23.6 Å². The zero-order valence-electron chi connectivity index (χ0n) is 10.4. The van der Waals surface area contributed by atoms with Crippen molar-refractivity contribution in [3.05, 3.63) is 0 Å².